The van der Waals surface area contributed by atoms with Gasteiger partial charge < -0.3 is 14.7 Å². The topological polar surface area (TPSA) is 75.5 Å². The largest absolute Gasteiger partial charge is 0.478 e. The molecule has 1 fully saturated rings. The van der Waals surface area contributed by atoms with Crippen molar-refractivity contribution in [3.63, 3.8) is 0 Å². The van der Waals surface area contributed by atoms with Gasteiger partial charge in [-0.3, -0.25) is 0 Å². The van der Waals surface area contributed by atoms with Crippen molar-refractivity contribution in [3.8, 4) is 0 Å². The minimum absolute atomic E-state index is 0.122. The Labute approximate surface area is 106 Å². The molecule has 6 nitrogen and oxygen atoms in total. The molecule has 18 heavy (non-hydrogen) atoms. The van der Waals surface area contributed by atoms with Crippen molar-refractivity contribution in [2.45, 2.75) is 33.0 Å². The van der Waals surface area contributed by atoms with Crippen LogP contribution in [0.3, 0.4) is 0 Å². The molecule has 0 radical (unpaired) electrons. The number of hydrogen-bond donors (Lipinski definition) is 1. The lowest BCUT2D eigenvalue weighted by molar-refractivity contribution is -0.00574. The number of morpholine rings is 1. The van der Waals surface area contributed by atoms with Crippen molar-refractivity contribution < 1.29 is 14.6 Å². The summed E-state index contributed by atoms with van der Waals surface area (Å²) in [5.41, 5.74) is 0.632. The first kappa shape index (κ1) is 12.8. The lowest BCUT2D eigenvalue weighted by atomic mass is 10.2. The lowest BCUT2D eigenvalue weighted by Gasteiger charge is -2.35. The average Bonchev–Trinajstić information content (AvgIpc) is 2.26. The summed E-state index contributed by atoms with van der Waals surface area (Å²) in [6.45, 7) is 7.12. The highest BCUT2D eigenvalue weighted by molar-refractivity contribution is 5.88. The van der Waals surface area contributed by atoms with Gasteiger partial charge in [0.1, 0.15) is 0 Å². The van der Waals surface area contributed by atoms with Crippen molar-refractivity contribution in [1.82, 2.24) is 9.97 Å². The Kier molecular flexibility index (Phi) is 3.47. The number of aromatic nitrogens is 2. The molecule has 1 aromatic heterocycles. The Morgan fingerprint density at radius 2 is 2.06 bits per heavy atom. The van der Waals surface area contributed by atoms with Crippen LogP contribution in [0.1, 0.15) is 29.9 Å². The predicted molar refractivity (Wildman–Crippen MR) is 66.0 cm³/mol. The van der Waals surface area contributed by atoms with Gasteiger partial charge in [0.15, 0.2) is 0 Å². The maximum Gasteiger partial charge on any atom is 0.339 e. The maximum absolute atomic E-state index is 10.9. The fourth-order valence-electron chi connectivity index (χ4n) is 2.16. The monoisotopic (exact) mass is 251 g/mol. The molecule has 0 amide bonds. The van der Waals surface area contributed by atoms with E-state index in [1.54, 1.807) is 6.92 Å². The number of carboxylic acids is 1. The van der Waals surface area contributed by atoms with Gasteiger partial charge in [0.2, 0.25) is 5.95 Å². The summed E-state index contributed by atoms with van der Waals surface area (Å²) in [7, 11) is 0. The Hall–Kier alpha value is -1.69. The molecule has 0 bridgehead atoms. The maximum atomic E-state index is 10.9. The molecule has 1 saturated heterocycles. The molecule has 2 heterocycles. The first-order chi connectivity index (χ1) is 8.47. The number of aryl methyl sites for hydroxylation is 1. The van der Waals surface area contributed by atoms with Gasteiger partial charge in [-0.1, -0.05) is 0 Å². The molecule has 2 unspecified atom stereocenters. The fourth-order valence-corrected chi connectivity index (χ4v) is 2.16. The average molecular weight is 251 g/mol. The summed E-state index contributed by atoms with van der Waals surface area (Å²) in [6.07, 6.45) is 1.61. The molecule has 2 atom stereocenters. The third-order valence-electron chi connectivity index (χ3n) is 2.90. The summed E-state index contributed by atoms with van der Waals surface area (Å²) in [6, 6.07) is 0. The van der Waals surface area contributed by atoms with Gasteiger partial charge in [0.25, 0.3) is 0 Å². The van der Waals surface area contributed by atoms with Crippen LogP contribution in [0.4, 0.5) is 5.95 Å². The van der Waals surface area contributed by atoms with E-state index in [1.165, 1.54) is 6.20 Å². The molecule has 0 aliphatic carbocycles. The minimum Gasteiger partial charge on any atom is -0.478 e. The zero-order chi connectivity index (χ0) is 13.3. The summed E-state index contributed by atoms with van der Waals surface area (Å²) >= 11 is 0. The van der Waals surface area contributed by atoms with Crippen molar-refractivity contribution in [2.24, 2.45) is 0 Å². The first-order valence-electron chi connectivity index (χ1n) is 5.94. The van der Waals surface area contributed by atoms with E-state index < -0.39 is 5.97 Å². The van der Waals surface area contributed by atoms with Crippen LogP contribution in [-0.4, -0.2) is 46.3 Å². The van der Waals surface area contributed by atoms with Crippen LogP contribution in [-0.2, 0) is 4.74 Å². The second kappa shape index (κ2) is 4.89. The summed E-state index contributed by atoms with van der Waals surface area (Å²) < 4.78 is 5.64. The van der Waals surface area contributed by atoms with Crippen LogP contribution in [0.15, 0.2) is 6.20 Å². The Morgan fingerprint density at radius 3 is 2.56 bits per heavy atom. The van der Waals surface area contributed by atoms with E-state index in [9.17, 15) is 4.79 Å². The number of aromatic carboxylic acids is 1. The van der Waals surface area contributed by atoms with Crippen molar-refractivity contribution >= 4 is 11.9 Å². The molecule has 6 heteroatoms. The number of carboxylic acid groups (broad SMARTS) is 1. The van der Waals surface area contributed by atoms with Gasteiger partial charge in [0.05, 0.1) is 23.5 Å². The number of rotatable bonds is 2. The highest BCUT2D eigenvalue weighted by Crippen LogP contribution is 2.17. The molecule has 1 aliphatic rings. The molecule has 2 rings (SSSR count). The third-order valence-corrected chi connectivity index (χ3v) is 2.90. The highest BCUT2D eigenvalue weighted by atomic mass is 16.5. The zero-order valence-corrected chi connectivity index (χ0v) is 10.8. The van der Waals surface area contributed by atoms with Crippen LogP contribution >= 0.6 is 0 Å². The SMILES string of the molecule is Cc1nc(N2CC(C)OC(C)C2)ncc1C(=O)O. The van der Waals surface area contributed by atoms with Gasteiger partial charge >= 0.3 is 5.97 Å². The minimum atomic E-state index is -0.997. The van der Waals surface area contributed by atoms with Crippen molar-refractivity contribution in [1.29, 1.82) is 0 Å². The smallest absolute Gasteiger partial charge is 0.339 e. The third kappa shape index (κ3) is 2.59. The molecule has 0 aromatic carbocycles. The van der Waals surface area contributed by atoms with Gasteiger partial charge in [0, 0.05) is 19.3 Å². The number of nitrogens with zero attached hydrogens (tertiary/aromatic N) is 3. The molecule has 1 N–H and O–H groups in total. The number of carbonyl (C=O) groups is 1. The lowest BCUT2D eigenvalue weighted by Crippen LogP contribution is -2.46. The van der Waals surface area contributed by atoms with Crippen LogP contribution in [0.2, 0.25) is 0 Å². The van der Waals surface area contributed by atoms with E-state index in [0.717, 1.165) is 13.1 Å². The summed E-state index contributed by atoms with van der Waals surface area (Å²) in [4.78, 5) is 21.3. The number of ether oxygens (including phenoxy) is 1. The molecule has 0 spiro atoms. The number of hydrogen-bond acceptors (Lipinski definition) is 5. The zero-order valence-electron chi connectivity index (χ0n) is 10.8. The van der Waals surface area contributed by atoms with Crippen LogP contribution in [0, 0.1) is 6.92 Å². The second-order valence-corrected chi connectivity index (χ2v) is 4.64. The molecule has 1 aliphatic heterocycles. The molecule has 0 saturated carbocycles. The van der Waals surface area contributed by atoms with Crippen LogP contribution in [0.5, 0.6) is 0 Å². The van der Waals surface area contributed by atoms with Gasteiger partial charge in [-0.2, -0.15) is 0 Å². The van der Waals surface area contributed by atoms with Crippen molar-refractivity contribution in [2.75, 3.05) is 18.0 Å². The fraction of sp³-hybridized carbons (Fsp3) is 0.583. The normalized spacial score (nSPS) is 24.1. The van der Waals surface area contributed by atoms with E-state index in [1.807, 2.05) is 18.7 Å². The van der Waals surface area contributed by atoms with Crippen molar-refractivity contribution in [3.05, 3.63) is 17.5 Å². The van der Waals surface area contributed by atoms with Crippen LogP contribution < -0.4 is 4.90 Å². The Balaban J connectivity index is 2.23. The summed E-state index contributed by atoms with van der Waals surface area (Å²) in [5.74, 6) is -0.428. The van der Waals surface area contributed by atoms with Crippen LogP contribution in [0.25, 0.3) is 0 Å². The quantitative estimate of drug-likeness (QED) is 0.848. The second-order valence-electron chi connectivity index (χ2n) is 4.64. The molecule has 98 valence electrons. The number of anilines is 1. The Bertz CT molecular complexity index is 454. The standard InChI is InChI=1S/C12H17N3O3/c1-7-5-15(6-8(2)18-7)12-13-4-10(11(16)17)9(3)14-12/h4,7-8H,5-6H2,1-3H3,(H,16,17). The van der Waals surface area contributed by atoms with Gasteiger partial charge in [-0.25, -0.2) is 14.8 Å². The predicted octanol–water partition coefficient (Wildman–Crippen LogP) is 1.10. The van der Waals surface area contributed by atoms with E-state index >= 15 is 0 Å². The first-order valence-corrected chi connectivity index (χ1v) is 5.94. The van der Waals surface area contributed by atoms with E-state index in [0.29, 0.717) is 11.6 Å². The highest BCUT2D eigenvalue weighted by Gasteiger charge is 2.24. The van der Waals surface area contributed by atoms with Gasteiger partial charge in [-0.05, 0) is 20.8 Å². The van der Waals surface area contributed by atoms with E-state index in [4.69, 9.17) is 9.84 Å². The Morgan fingerprint density at radius 1 is 1.44 bits per heavy atom. The molecular weight excluding hydrogens is 234 g/mol. The van der Waals surface area contributed by atoms with E-state index in [-0.39, 0.29) is 17.8 Å². The van der Waals surface area contributed by atoms with Gasteiger partial charge in [-0.15, -0.1) is 0 Å². The summed E-state index contributed by atoms with van der Waals surface area (Å²) in [5, 5.41) is 8.94. The van der Waals surface area contributed by atoms with E-state index in [2.05, 4.69) is 9.97 Å². The molecule has 1 aromatic rings. The molecular formula is C12H17N3O3.